The minimum atomic E-state index is -0.620. The van der Waals surface area contributed by atoms with Crippen molar-refractivity contribution in [2.75, 3.05) is 71.6 Å². The molecule has 2 aliphatic rings. The van der Waals surface area contributed by atoms with Crippen molar-refractivity contribution < 1.29 is 33.3 Å². The van der Waals surface area contributed by atoms with Crippen molar-refractivity contribution >= 4 is 24.1 Å². The number of nitrogens with zero attached hydrogens (tertiary/aromatic N) is 2. The first kappa shape index (κ1) is 28.8. The van der Waals surface area contributed by atoms with Crippen molar-refractivity contribution in [3.8, 4) is 0 Å². The molecule has 11 nitrogen and oxygen atoms in total. The summed E-state index contributed by atoms with van der Waals surface area (Å²) in [7, 11) is 1.68. The van der Waals surface area contributed by atoms with Crippen LogP contribution < -0.4 is 10.6 Å². The topological polar surface area (TPSA) is 120 Å². The molecule has 0 bridgehead atoms. The van der Waals surface area contributed by atoms with E-state index >= 15 is 0 Å². The van der Waals surface area contributed by atoms with E-state index in [4.69, 9.17) is 23.7 Å². The van der Waals surface area contributed by atoms with E-state index in [0.29, 0.717) is 52.0 Å². The third-order valence-electron chi connectivity index (χ3n) is 5.86. The maximum atomic E-state index is 12.0. The molecular formula is C26H40N4O7. The van der Waals surface area contributed by atoms with Gasteiger partial charge in [0.15, 0.2) is 0 Å². The Morgan fingerprint density at radius 1 is 1.14 bits per heavy atom. The molecule has 0 unspecified atom stereocenters. The van der Waals surface area contributed by atoms with Crippen LogP contribution in [0.3, 0.4) is 0 Å². The fraction of sp³-hybridized carbons (Fsp3) is 0.654. The predicted molar refractivity (Wildman–Crippen MR) is 138 cm³/mol. The smallest absolute Gasteiger partial charge is 0.413 e. The predicted octanol–water partition coefficient (Wildman–Crippen LogP) is 3.15. The monoisotopic (exact) mass is 520 g/mol. The van der Waals surface area contributed by atoms with Crippen LogP contribution in [0.5, 0.6) is 0 Å². The van der Waals surface area contributed by atoms with Crippen molar-refractivity contribution in [1.82, 2.24) is 15.2 Å². The van der Waals surface area contributed by atoms with E-state index in [9.17, 15) is 9.59 Å². The van der Waals surface area contributed by atoms with Gasteiger partial charge in [0.2, 0.25) is 0 Å². The highest BCUT2D eigenvalue weighted by atomic mass is 16.6. The number of carbonyl (C=O) groups excluding carboxylic acids is 2. The summed E-state index contributed by atoms with van der Waals surface area (Å²) in [6.07, 6.45) is 6.23. The first-order valence-corrected chi connectivity index (χ1v) is 12.7. The van der Waals surface area contributed by atoms with Crippen molar-refractivity contribution in [3.63, 3.8) is 0 Å². The number of hydrogen-bond donors (Lipinski definition) is 2. The molecule has 0 atom stereocenters. The lowest BCUT2D eigenvalue weighted by molar-refractivity contribution is -0.0130. The minimum absolute atomic E-state index is 0.366. The van der Waals surface area contributed by atoms with Crippen LogP contribution in [0.4, 0.5) is 15.4 Å². The molecule has 3 rings (SSSR count). The van der Waals surface area contributed by atoms with Crippen LogP contribution in [0.15, 0.2) is 18.3 Å². The molecule has 3 heterocycles. The number of rotatable bonds is 12. The van der Waals surface area contributed by atoms with Crippen LogP contribution in [0.2, 0.25) is 0 Å². The number of pyridine rings is 1. The number of hydrogen-bond acceptors (Lipinski definition) is 9. The molecule has 1 aromatic rings. The van der Waals surface area contributed by atoms with E-state index in [1.807, 2.05) is 39.0 Å². The van der Waals surface area contributed by atoms with Crippen LogP contribution in [-0.4, -0.2) is 94.0 Å². The average molecular weight is 521 g/mol. The molecule has 0 aromatic carbocycles. The van der Waals surface area contributed by atoms with Gasteiger partial charge in [-0.05, 0) is 45.5 Å². The highest BCUT2D eigenvalue weighted by Gasteiger charge is 2.43. The summed E-state index contributed by atoms with van der Waals surface area (Å²) in [6.45, 7) is 10.2. The van der Waals surface area contributed by atoms with Gasteiger partial charge in [-0.25, -0.2) is 14.6 Å². The van der Waals surface area contributed by atoms with Crippen LogP contribution in [-0.2, 0) is 29.3 Å². The highest BCUT2D eigenvalue weighted by molar-refractivity contribution is 5.87. The van der Waals surface area contributed by atoms with Crippen molar-refractivity contribution in [2.24, 2.45) is 0 Å². The quantitative estimate of drug-likeness (QED) is 0.400. The van der Waals surface area contributed by atoms with Crippen molar-refractivity contribution in [3.05, 3.63) is 29.5 Å². The molecule has 37 heavy (non-hydrogen) atoms. The maximum Gasteiger partial charge on any atom is 0.413 e. The van der Waals surface area contributed by atoms with Gasteiger partial charge in [0.05, 0.1) is 39.6 Å². The first-order valence-electron chi connectivity index (χ1n) is 12.7. The molecule has 1 spiro atoms. The number of anilines is 1. The highest BCUT2D eigenvalue weighted by Crippen LogP contribution is 2.41. The number of carbonyl (C=O) groups is 2. The van der Waals surface area contributed by atoms with Gasteiger partial charge < -0.3 is 33.9 Å². The fourth-order valence-electron chi connectivity index (χ4n) is 3.98. The Labute approximate surface area is 218 Å². The van der Waals surface area contributed by atoms with Gasteiger partial charge in [-0.2, -0.15) is 0 Å². The van der Waals surface area contributed by atoms with Crippen molar-refractivity contribution in [1.29, 1.82) is 0 Å². The van der Waals surface area contributed by atoms with E-state index in [1.165, 1.54) is 4.90 Å². The molecule has 2 N–H and O–H groups in total. The molecule has 0 radical (unpaired) electrons. The summed E-state index contributed by atoms with van der Waals surface area (Å²) in [6, 6.07) is 2.03. The van der Waals surface area contributed by atoms with Gasteiger partial charge >= 0.3 is 12.2 Å². The summed E-state index contributed by atoms with van der Waals surface area (Å²) < 4.78 is 27.6. The molecule has 0 saturated carbocycles. The summed E-state index contributed by atoms with van der Waals surface area (Å²) in [5, 5.41) is 6.01. The molecule has 0 aliphatic carbocycles. The summed E-state index contributed by atoms with van der Waals surface area (Å²) >= 11 is 0. The lowest BCUT2D eigenvalue weighted by atomic mass is 9.83. The van der Waals surface area contributed by atoms with Gasteiger partial charge in [0.1, 0.15) is 17.0 Å². The number of fused-ring (bicyclic) bond motifs is 2. The lowest BCUT2D eigenvalue weighted by Crippen LogP contribution is -2.47. The zero-order valence-electron chi connectivity index (χ0n) is 22.3. The maximum absolute atomic E-state index is 12.0. The van der Waals surface area contributed by atoms with Crippen molar-refractivity contribution in [2.45, 2.75) is 44.8 Å². The van der Waals surface area contributed by atoms with Crippen LogP contribution in [0.1, 0.15) is 44.7 Å². The Hall–Kier alpha value is -2.73. The third-order valence-corrected chi connectivity index (χ3v) is 5.86. The first-order chi connectivity index (χ1) is 17.7. The molecular weight excluding hydrogens is 480 g/mol. The van der Waals surface area contributed by atoms with E-state index < -0.39 is 17.3 Å². The van der Waals surface area contributed by atoms with Crippen LogP contribution in [0, 0.1) is 0 Å². The fourth-order valence-corrected chi connectivity index (χ4v) is 3.98. The van der Waals surface area contributed by atoms with Gasteiger partial charge in [-0.3, -0.25) is 5.32 Å². The molecule has 11 heteroatoms. The Morgan fingerprint density at radius 2 is 1.81 bits per heavy atom. The van der Waals surface area contributed by atoms with E-state index in [1.54, 1.807) is 13.2 Å². The molecule has 2 amide bonds. The number of amides is 2. The zero-order chi connectivity index (χ0) is 26.7. The minimum Gasteiger partial charge on any atom is -0.444 e. The lowest BCUT2D eigenvalue weighted by Gasteiger charge is -2.40. The van der Waals surface area contributed by atoms with Gasteiger partial charge in [-0.15, -0.1) is 0 Å². The van der Waals surface area contributed by atoms with E-state index in [2.05, 4.69) is 15.6 Å². The summed E-state index contributed by atoms with van der Waals surface area (Å²) in [5.41, 5.74) is 0.711. The summed E-state index contributed by atoms with van der Waals surface area (Å²) in [5.74, 6) is 0.572. The van der Waals surface area contributed by atoms with Crippen LogP contribution in [0.25, 0.3) is 6.08 Å². The molecule has 1 saturated heterocycles. The number of aromatic nitrogens is 1. The molecule has 2 aliphatic heterocycles. The standard InChI is InChI=1S/C26H40N4O7/c1-25(2,3)37-24(32)30(4)11-13-34-15-17-35-16-14-33-12-5-6-20-18-21-22(28-19-20)29-23(31)36-26(21)7-9-27-10-8-26/h5-6,18-19,27H,7-17H2,1-4H3,(H,28,29,31)/b6-5+. The van der Waals surface area contributed by atoms with Gasteiger partial charge in [0.25, 0.3) is 0 Å². The molecule has 1 aromatic heterocycles. The second-order valence-corrected chi connectivity index (χ2v) is 10.0. The number of piperidine rings is 1. The second-order valence-electron chi connectivity index (χ2n) is 10.0. The second kappa shape index (κ2) is 13.7. The number of ether oxygens (including phenoxy) is 5. The van der Waals surface area contributed by atoms with Gasteiger partial charge in [-0.1, -0.05) is 12.2 Å². The average Bonchev–Trinajstić information content (AvgIpc) is 2.84. The van der Waals surface area contributed by atoms with E-state index in [-0.39, 0.29) is 6.09 Å². The third kappa shape index (κ3) is 9.26. The largest absolute Gasteiger partial charge is 0.444 e. The Morgan fingerprint density at radius 3 is 2.51 bits per heavy atom. The number of nitrogens with one attached hydrogen (secondary N) is 2. The molecule has 1 fully saturated rings. The molecule has 206 valence electrons. The number of likely N-dealkylation sites (N-methyl/N-ethyl adjacent to an activating group) is 1. The Kier molecular flexibility index (Phi) is 10.7. The Bertz CT molecular complexity index is 926. The van der Waals surface area contributed by atoms with Crippen LogP contribution >= 0.6 is 0 Å². The Balaban J connectivity index is 1.27. The van der Waals surface area contributed by atoms with E-state index in [0.717, 1.165) is 37.1 Å². The zero-order valence-corrected chi connectivity index (χ0v) is 22.3. The summed E-state index contributed by atoms with van der Waals surface area (Å²) in [4.78, 5) is 29.8. The SMILES string of the molecule is CN(CCOCCOCCOC/C=C/c1cnc2c(c1)C1(CCNCC1)OC(=O)N2)C(=O)OC(C)(C)C. The normalized spacial score (nSPS) is 16.8. The van der Waals surface area contributed by atoms with Gasteiger partial charge in [0, 0.05) is 38.2 Å².